The van der Waals surface area contributed by atoms with Crippen molar-refractivity contribution in [3.05, 3.63) is 5.28 Å². The molecule has 0 atom stereocenters. The highest BCUT2D eigenvalue weighted by Crippen LogP contribution is 2.14. The number of nitrogens with two attached hydrogens (primary N) is 1. The number of hydrogen-bond donors (Lipinski definition) is 1. The number of hydrogen-bond acceptors (Lipinski definition) is 6. The highest BCUT2D eigenvalue weighted by Gasteiger charge is 2.21. The number of carbonyl (C=O) groups is 1. The molecule has 0 aromatic carbocycles. The standard InChI is InChI=1S/C9H13ClN6O/c1-6(17)15-2-4-16(5-3-15)9-13-7(10)12-8(11)14-9/h2-5H2,1H3,(H2,11,12,13,14). The molecule has 17 heavy (non-hydrogen) atoms. The Balaban J connectivity index is 2.07. The number of anilines is 2. The van der Waals surface area contributed by atoms with Crippen molar-refractivity contribution in [2.24, 2.45) is 0 Å². The number of halogens is 1. The third-order valence-corrected chi connectivity index (χ3v) is 2.79. The number of rotatable bonds is 1. The molecule has 2 heterocycles. The lowest BCUT2D eigenvalue weighted by atomic mass is 10.3. The molecule has 0 aliphatic carbocycles. The summed E-state index contributed by atoms with van der Waals surface area (Å²) in [6, 6.07) is 0. The molecule has 0 bridgehead atoms. The number of nitrogens with zero attached hydrogens (tertiary/aromatic N) is 5. The van der Waals surface area contributed by atoms with E-state index in [-0.39, 0.29) is 17.1 Å². The number of amides is 1. The molecule has 1 aromatic rings. The van der Waals surface area contributed by atoms with Crippen molar-refractivity contribution in [1.82, 2.24) is 19.9 Å². The van der Waals surface area contributed by atoms with E-state index in [0.717, 1.165) is 0 Å². The molecule has 2 N–H and O–H groups in total. The Kier molecular flexibility index (Phi) is 3.28. The zero-order valence-electron chi connectivity index (χ0n) is 9.43. The van der Waals surface area contributed by atoms with E-state index in [1.54, 1.807) is 11.8 Å². The van der Waals surface area contributed by atoms with Crippen LogP contribution in [0.25, 0.3) is 0 Å². The van der Waals surface area contributed by atoms with Gasteiger partial charge < -0.3 is 15.5 Å². The molecule has 8 heteroatoms. The molecular formula is C9H13ClN6O. The number of carbonyl (C=O) groups excluding carboxylic acids is 1. The highest BCUT2D eigenvalue weighted by atomic mass is 35.5. The molecular weight excluding hydrogens is 244 g/mol. The largest absolute Gasteiger partial charge is 0.368 e. The van der Waals surface area contributed by atoms with Gasteiger partial charge in [0.1, 0.15) is 0 Å². The number of nitrogen functional groups attached to an aromatic ring is 1. The third-order valence-electron chi connectivity index (χ3n) is 2.62. The van der Waals surface area contributed by atoms with Crippen LogP contribution in [0, 0.1) is 0 Å². The summed E-state index contributed by atoms with van der Waals surface area (Å²) < 4.78 is 0. The lowest BCUT2D eigenvalue weighted by Crippen LogP contribution is -2.48. The zero-order chi connectivity index (χ0) is 12.4. The van der Waals surface area contributed by atoms with Gasteiger partial charge >= 0.3 is 0 Å². The van der Waals surface area contributed by atoms with Crippen LogP contribution in [0.1, 0.15) is 6.92 Å². The van der Waals surface area contributed by atoms with Crippen molar-refractivity contribution >= 4 is 29.4 Å². The summed E-state index contributed by atoms with van der Waals surface area (Å²) in [6.45, 7) is 4.20. The Morgan fingerprint density at radius 1 is 1.24 bits per heavy atom. The van der Waals surface area contributed by atoms with Crippen LogP contribution in [0.3, 0.4) is 0 Å². The molecule has 1 saturated heterocycles. The van der Waals surface area contributed by atoms with E-state index in [1.807, 2.05) is 4.90 Å². The van der Waals surface area contributed by atoms with Gasteiger partial charge in [0.15, 0.2) is 0 Å². The first-order valence-corrected chi connectivity index (χ1v) is 5.61. The van der Waals surface area contributed by atoms with Crippen LogP contribution in [0.5, 0.6) is 0 Å². The Hall–Kier alpha value is -1.63. The Bertz CT molecular complexity index is 411. The van der Waals surface area contributed by atoms with Crippen LogP contribution in [-0.4, -0.2) is 51.9 Å². The molecule has 0 unspecified atom stereocenters. The molecule has 0 radical (unpaired) electrons. The Labute approximate surface area is 104 Å². The predicted molar refractivity (Wildman–Crippen MR) is 63.7 cm³/mol. The van der Waals surface area contributed by atoms with Crippen molar-refractivity contribution in [3.63, 3.8) is 0 Å². The van der Waals surface area contributed by atoms with E-state index in [1.165, 1.54) is 0 Å². The minimum absolute atomic E-state index is 0.0813. The fourth-order valence-corrected chi connectivity index (χ4v) is 1.88. The van der Waals surface area contributed by atoms with E-state index < -0.39 is 0 Å². The Morgan fingerprint density at radius 3 is 2.41 bits per heavy atom. The SMILES string of the molecule is CC(=O)N1CCN(c2nc(N)nc(Cl)n2)CC1. The maximum absolute atomic E-state index is 11.2. The fraction of sp³-hybridized carbons (Fsp3) is 0.556. The minimum Gasteiger partial charge on any atom is -0.368 e. The number of aromatic nitrogens is 3. The van der Waals surface area contributed by atoms with Crippen LogP contribution < -0.4 is 10.6 Å². The lowest BCUT2D eigenvalue weighted by molar-refractivity contribution is -0.129. The third kappa shape index (κ3) is 2.73. The van der Waals surface area contributed by atoms with Gasteiger partial charge in [-0.25, -0.2) is 0 Å². The summed E-state index contributed by atoms with van der Waals surface area (Å²) in [5.74, 6) is 0.651. The van der Waals surface area contributed by atoms with Crippen molar-refractivity contribution < 1.29 is 4.79 Å². The summed E-state index contributed by atoms with van der Waals surface area (Å²) >= 11 is 5.72. The molecule has 1 aromatic heterocycles. The molecule has 1 amide bonds. The van der Waals surface area contributed by atoms with E-state index in [2.05, 4.69) is 15.0 Å². The molecule has 1 aliphatic rings. The molecule has 1 aliphatic heterocycles. The topological polar surface area (TPSA) is 88.2 Å². The lowest BCUT2D eigenvalue weighted by Gasteiger charge is -2.34. The molecule has 92 valence electrons. The summed E-state index contributed by atoms with van der Waals surface area (Å²) in [5.41, 5.74) is 5.50. The van der Waals surface area contributed by atoms with Gasteiger partial charge in [-0.3, -0.25) is 4.79 Å². The second-order valence-electron chi connectivity index (χ2n) is 3.76. The summed E-state index contributed by atoms with van der Waals surface area (Å²) in [6.07, 6.45) is 0. The monoisotopic (exact) mass is 256 g/mol. The van der Waals surface area contributed by atoms with Crippen LogP contribution >= 0.6 is 11.6 Å². The van der Waals surface area contributed by atoms with E-state index in [9.17, 15) is 4.79 Å². The van der Waals surface area contributed by atoms with Crippen molar-refractivity contribution in [1.29, 1.82) is 0 Å². The average molecular weight is 257 g/mol. The zero-order valence-corrected chi connectivity index (χ0v) is 10.2. The molecule has 7 nitrogen and oxygen atoms in total. The highest BCUT2D eigenvalue weighted by molar-refractivity contribution is 6.28. The van der Waals surface area contributed by atoms with Crippen molar-refractivity contribution in [2.45, 2.75) is 6.92 Å². The molecule has 0 saturated carbocycles. The van der Waals surface area contributed by atoms with Crippen LogP contribution in [0.2, 0.25) is 5.28 Å². The van der Waals surface area contributed by atoms with Gasteiger partial charge in [0, 0.05) is 33.1 Å². The smallest absolute Gasteiger partial charge is 0.231 e. The van der Waals surface area contributed by atoms with Crippen LogP contribution in [0.4, 0.5) is 11.9 Å². The molecule has 0 spiro atoms. The van der Waals surface area contributed by atoms with E-state index in [4.69, 9.17) is 17.3 Å². The van der Waals surface area contributed by atoms with Crippen molar-refractivity contribution in [2.75, 3.05) is 36.8 Å². The van der Waals surface area contributed by atoms with Gasteiger partial charge in [-0.1, -0.05) is 0 Å². The van der Waals surface area contributed by atoms with Gasteiger partial charge in [-0.2, -0.15) is 15.0 Å². The summed E-state index contributed by atoms with van der Waals surface area (Å²) in [4.78, 5) is 26.6. The maximum atomic E-state index is 11.2. The van der Waals surface area contributed by atoms with Gasteiger partial charge in [0.25, 0.3) is 0 Å². The average Bonchev–Trinajstić information content (AvgIpc) is 2.28. The van der Waals surface area contributed by atoms with E-state index in [0.29, 0.717) is 32.1 Å². The second-order valence-corrected chi connectivity index (χ2v) is 4.09. The normalized spacial score (nSPS) is 16.1. The maximum Gasteiger partial charge on any atom is 0.231 e. The van der Waals surface area contributed by atoms with Crippen LogP contribution in [-0.2, 0) is 4.79 Å². The first-order valence-electron chi connectivity index (χ1n) is 5.24. The molecule has 1 fully saturated rings. The quantitative estimate of drug-likeness (QED) is 0.747. The number of piperazine rings is 1. The Morgan fingerprint density at radius 2 is 1.88 bits per heavy atom. The summed E-state index contributed by atoms with van der Waals surface area (Å²) in [7, 11) is 0. The van der Waals surface area contributed by atoms with Gasteiger partial charge in [0.2, 0.25) is 23.1 Å². The summed E-state index contributed by atoms with van der Waals surface area (Å²) in [5, 5.41) is 0.0847. The second kappa shape index (κ2) is 4.70. The minimum atomic E-state index is 0.0813. The molecule has 2 rings (SSSR count). The van der Waals surface area contributed by atoms with Gasteiger partial charge in [0.05, 0.1) is 0 Å². The van der Waals surface area contributed by atoms with Crippen molar-refractivity contribution in [3.8, 4) is 0 Å². The fourth-order valence-electron chi connectivity index (χ4n) is 1.72. The first kappa shape index (κ1) is 11.8. The predicted octanol–water partition coefficient (Wildman–Crippen LogP) is -0.224. The van der Waals surface area contributed by atoms with Gasteiger partial charge in [-0.15, -0.1) is 0 Å². The van der Waals surface area contributed by atoms with Crippen LogP contribution in [0.15, 0.2) is 0 Å². The van der Waals surface area contributed by atoms with E-state index >= 15 is 0 Å². The van der Waals surface area contributed by atoms with Gasteiger partial charge in [-0.05, 0) is 11.6 Å². The first-order chi connectivity index (χ1) is 8.06.